The second-order valence-corrected chi connectivity index (χ2v) is 3.58. The van der Waals surface area contributed by atoms with Gasteiger partial charge in [0, 0.05) is 31.0 Å². The number of aromatic nitrogens is 1. The molecule has 2 heterocycles. The van der Waals surface area contributed by atoms with Gasteiger partial charge in [-0.2, -0.15) is 4.39 Å². The van der Waals surface area contributed by atoms with E-state index in [0.717, 1.165) is 25.1 Å². The summed E-state index contributed by atoms with van der Waals surface area (Å²) in [6.45, 7) is 1.46. The van der Waals surface area contributed by atoms with Gasteiger partial charge in [-0.25, -0.2) is 4.98 Å². The molecule has 1 unspecified atom stereocenters. The lowest BCUT2D eigenvalue weighted by Gasteiger charge is -2.31. The standard InChI is InChI=1S/C10H13FN2O/c11-10-6-8(3-4-12-10)13-5-1-2-9(14)7-13/h3-4,6,9,14H,1-2,5,7H2. The second-order valence-electron chi connectivity index (χ2n) is 3.58. The van der Waals surface area contributed by atoms with Crippen LogP contribution in [0.1, 0.15) is 12.8 Å². The van der Waals surface area contributed by atoms with E-state index in [4.69, 9.17) is 0 Å². The average molecular weight is 196 g/mol. The molecule has 1 fully saturated rings. The smallest absolute Gasteiger partial charge is 0.214 e. The van der Waals surface area contributed by atoms with Crippen LogP contribution < -0.4 is 4.90 Å². The number of aliphatic hydroxyl groups is 1. The van der Waals surface area contributed by atoms with Crippen molar-refractivity contribution in [2.75, 3.05) is 18.0 Å². The Morgan fingerprint density at radius 1 is 1.57 bits per heavy atom. The van der Waals surface area contributed by atoms with Gasteiger partial charge >= 0.3 is 0 Å². The van der Waals surface area contributed by atoms with E-state index in [1.165, 1.54) is 12.3 Å². The van der Waals surface area contributed by atoms with Crippen molar-refractivity contribution in [1.82, 2.24) is 4.98 Å². The molecule has 76 valence electrons. The molecule has 1 aromatic heterocycles. The molecular formula is C10H13FN2O. The zero-order valence-electron chi connectivity index (χ0n) is 7.86. The summed E-state index contributed by atoms with van der Waals surface area (Å²) in [6.07, 6.45) is 2.95. The van der Waals surface area contributed by atoms with E-state index in [2.05, 4.69) is 4.98 Å². The highest BCUT2D eigenvalue weighted by Crippen LogP contribution is 2.19. The first kappa shape index (κ1) is 9.40. The van der Waals surface area contributed by atoms with Crippen molar-refractivity contribution in [1.29, 1.82) is 0 Å². The fourth-order valence-corrected chi connectivity index (χ4v) is 1.78. The molecule has 2 rings (SSSR count). The Bertz CT molecular complexity index is 319. The van der Waals surface area contributed by atoms with Gasteiger partial charge in [-0.15, -0.1) is 0 Å². The van der Waals surface area contributed by atoms with Crippen molar-refractivity contribution in [3.63, 3.8) is 0 Å². The van der Waals surface area contributed by atoms with E-state index in [-0.39, 0.29) is 6.10 Å². The van der Waals surface area contributed by atoms with E-state index in [1.54, 1.807) is 6.07 Å². The Labute approximate surface area is 82.2 Å². The number of pyridine rings is 1. The van der Waals surface area contributed by atoms with Gasteiger partial charge in [0.1, 0.15) is 0 Å². The highest BCUT2D eigenvalue weighted by Gasteiger charge is 2.17. The fraction of sp³-hybridized carbons (Fsp3) is 0.500. The van der Waals surface area contributed by atoms with E-state index >= 15 is 0 Å². The van der Waals surface area contributed by atoms with Crippen molar-refractivity contribution >= 4 is 5.69 Å². The first-order valence-corrected chi connectivity index (χ1v) is 4.80. The number of aliphatic hydroxyl groups excluding tert-OH is 1. The van der Waals surface area contributed by atoms with Crippen molar-refractivity contribution in [2.45, 2.75) is 18.9 Å². The van der Waals surface area contributed by atoms with E-state index in [0.29, 0.717) is 6.54 Å². The monoisotopic (exact) mass is 196 g/mol. The molecule has 0 amide bonds. The molecule has 4 heteroatoms. The molecule has 3 nitrogen and oxygen atoms in total. The molecular weight excluding hydrogens is 183 g/mol. The van der Waals surface area contributed by atoms with Crippen LogP contribution >= 0.6 is 0 Å². The van der Waals surface area contributed by atoms with Crippen molar-refractivity contribution < 1.29 is 9.50 Å². The third kappa shape index (κ3) is 2.01. The molecule has 0 aromatic carbocycles. The Balaban J connectivity index is 2.14. The number of piperidine rings is 1. The lowest BCUT2D eigenvalue weighted by Crippen LogP contribution is -2.38. The molecule has 1 aliphatic rings. The molecule has 1 saturated heterocycles. The Hall–Kier alpha value is -1.16. The molecule has 1 aromatic rings. The summed E-state index contributed by atoms with van der Waals surface area (Å²) in [6, 6.07) is 3.17. The zero-order valence-corrected chi connectivity index (χ0v) is 7.86. The summed E-state index contributed by atoms with van der Waals surface area (Å²) in [7, 11) is 0. The number of hydrogen-bond acceptors (Lipinski definition) is 3. The number of anilines is 1. The SMILES string of the molecule is OC1CCCN(c2ccnc(F)c2)C1. The number of hydrogen-bond donors (Lipinski definition) is 1. The van der Waals surface area contributed by atoms with Crippen LogP contribution in [-0.4, -0.2) is 29.3 Å². The summed E-state index contributed by atoms with van der Waals surface area (Å²) < 4.78 is 12.8. The molecule has 1 N–H and O–H groups in total. The molecule has 1 aliphatic heterocycles. The average Bonchev–Trinajstić information content (AvgIpc) is 2.18. The fourth-order valence-electron chi connectivity index (χ4n) is 1.78. The number of rotatable bonds is 1. The Morgan fingerprint density at radius 3 is 3.14 bits per heavy atom. The summed E-state index contributed by atoms with van der Waals surface area (Å²) in [5.41, 5.74) is 0.802. The van der Waals surface area contributed by atoms with Crippen LogP contribution in [0.15, 0.2) is 18.3 Å². The topological polar surface area (TPSA) is 36.4 Å². The Morgan fingerprint density at radius 2 is 2.43 bits per heavy atom. The van der Waals surface area contributed by atoms with Gasteiger partial charge in [0.05, 0.1) is 6.10 Å². The third-order valence-electron chi connectivity index (χ3n) is 2.47. The van der Waals surface area contributed by atoms with Gasteiger partial charge in [-0.1, -0.05) is 0 Å². The predicted molar refractivity (Wildman–Crippen MR) is 51.6 cm³/mol. The lowest BCUT2D eigenvalue weighted by molar-refractivity contribution is 0.154. The molecule has 0 saturated carbocycles. The third-order valence-corrected chi connectivity index (χ3v) is 2.47. The molecule has 0 aliphatic carbocycles. The van der Waals surface area contributed by atoms with E-state index in [1.807, 2.05) is 4.90 Å². The second kappa shape index (κ2) is 3.92. The normalized spacial score (nSPS) is 22.4. The Kier molecular flexibility index (Phi) is 2.63. The summed E-state index contributed by atoms with van der Waals surface area (Å²) in [5, 5.41) is 9.46. The molecule has 0 bridgehead atoms. The highest BCUT2D eigenvalue weighted by atomic mass is 19.1. The number of halogens is 1. The van der Waals surface area contributed by atoms with Crippen LogP contribution in [0, 0.1) is 5.95 Å². The minimum absolute atomic E-state index is 0.292. The van der Waals surface area contributed by atoms with Crippen LogP contribution in [0.2, 0.25) is 0 Å². The van der Waals surface area contributed by atoms with Crippen molar-refractivity contribution in [3.05, 3.63) is 24.3 Å². The van der Waals surface area contributed by atoms with Crippen LogP contribution in [0.4, 0.5) is 10.1 Å². The number of nitrogens with zero attached hydrogens (tertiary/aromatic N) is 2. The molecule has 0 spiro atoms. The lowest BCUT2D eigenvalue weighted by atomic mass is 10.1. The maximum atomic E-state index is 12.8. The first-order valence-electron chi connectivity index (χ1n) is 4.80. The summed E-state index contributed by atoms with van der Waals surface area (Å²) in [5.74, 6) is -0.470. The van der Waals surface area contributed by atoms with Crippen LogP contribution in [-0.2, 0) is 0 Å². The maximum absolute atomic E-state index is 12.8. The molecule has 0 radical (unpaired) electrons. The van der Waals surface area contributed by atoms with Gasteiger partial charge < -0.3 is 10.0 Å². The van der Waals surface area contributed by atoms with Gasteiger partial charge in [0.2, 0.25) is 5.95 Å². The van der Waals surface area contributed by atoms with E-state index in [9.17, 15) is 9.50 Å². The maximum Gasteiger partial charge on any atom is 0.214 e. The zero-order chi connectivity index (χ0) is 9.97. The number of β-amino-alcohol motifs (C(OH)–C–C–N with tert-alkyl or cyclic N) is 1. The summed E-state index contributed by atoms with van der Waals surface area (Å²) >= 11 is 0. The van der Waals surface area contributed by atoms with Gasteiger partial charge in [-0.3, -0.25) is 0 Å². The minimum atomic E-state index is -0.470. The van der Waals surface area contributed by atoms with Gasteiger partial charge in [0.25, 0.3) is 0 Å². The minimum Gasteiger partial charge on any atom is -0.391 e. The molecule has 14 heavy (non-hydrogen) atoms. The van der Waals surface area contributed by atoms with Crippen LogP contribution in [0.5, 0.6) is 0 Å². The molecule has 1 atom stereocenters. The van der Waals surface area contributed by atoms with Crippen molar-refractivity contribution in [3.8, 4) is 0 Å². The first-order chi connectivity index (χ1) is 6.75. The summed E-state index contributed by atoms with van der Waals surface area (Å²) in [4.78, 5) is 5.48. The van der Waals surface area contributed by atoms with Gasteiger partial charge in [-0.05, 0) is 18.9 Å². The van der Waals surface area contributed by atoms with Gasteiger partial charge in [0.15, 0.2) is 0 Å². The van der Waals surface area contributed by atoms with Crippen LogP contribution in [0.3, 0.4) is 0 Å². The largest absolute Gasteiger partial charge is 0.391 e. The quantitative estimate of drug-likeness (QED) is 0.685. The predicted octanol–water partition coefficient (Wildman–Crippen LogP) is 1.18. The van der Waals surface area contributed by atoms with Crippen LogP contribution in [0.25, 0.3) is 0 Å². The van der Waals surface area contributed by atoms with E-state index < -0.39 is 5.95 Å². The highest BCUT2D eigenvalue weighted by molar-refractivity contribution is 5.45. The van der Waals surface area contributed by atoms with Crippen molar-refractivity contribution in [2.24, 2.45) is 0 Å².